The van der Waals surface area contributed by atoms with E-state index in [0.717, 1.165) is 23.2 Å². The first kappa shape index (κ1) is 14.2. The molecule has 102 valence electrons. The number of benzene rings is 1. The molecule has 0 bridgehead atoms. The van der Waals surface area contributed by atoms with Crippen LogP contribution >= 0.6 is 11.3 Å². The van der Waals surface area contributed by atoms with Crippen LogP contribution in [0.4, 0.5) is 4.39 Å². The number of hydrogen-bond donors (Lipinski definition) is 1. The molecule has 0 saturated carbocycles. The summed E-state index contributed by atoms with van der Waals surface area (Å²) in [4.78, 5) is 0. The van der Waals surface area contributed by atoms with E-state index in [0.29, 0.717) is 0 Å². The molecule has 1 atom stereocenters. The standard InChI is InChI=1S/C16H20FNS/c1-5-18-16(13-9-19-8-12(13)4)15-11(3)6-10(2)7-14(15)17/h6-9,16,18H,5H2,1-4H3. The van der Waals surface area contributed by atoms with E-state index in [1.807, 2.05) is 19.9 Å². The second-order valence-corrected chi connectivity index (χ2v) is 5.72. The van der Waals surface area contributed by atoms with Crippen molar-refractivity contribution < 1.29 is 4.39 Å². The Bertz CT molecular complexity index is 551. The Hall–Kier alpha value is -1.19. The molecule has 0 radical (unpaired) electrons. The lowest BCUT2D eigenvalue weighted by atomic mass is 9.93. The molecule has 1 unspecified atom stereocenters. The van der Waals surface area contributed by atoms with E-state index in [9.17, 15) is 4.39 Å². The molecule has 0 aliphatic heterocycles. The van der Waals surface area contributed by atoms with Crippen molar-refractivity contribution in [3.05, 3.63) is 56.5 Å². The topological polar surface area (TPSA) is 12.0 Å². The lowest BCUT2D eigenvalue weighted by Gasteiger charge is -2.22. The summed E-state index contributed by atoms with van der Waals surface area (Å²) in [5.41, 5.74) is 5.15. The van der Waals surface area contributed by atoms with Crippen LogP contribution in [0.25, 0.3) is 0 Å². The fourth-order valence-electron chi connectivity index (χ4n) is 2.53. The Morgan fingerprint density at radius 2 is 1.89 bits per heavy atom. The average Bonchev–Trinajstić information content (AvgIpc) is 2.73. The molecule has 1 heterocycles. The van der Waals surface area contributed by atoms with Crippen molar-refractivity contribution in [3.63, 3.8) is 0 Å². The van der Waals surface area contributed by atoms with Crippen LogP contribution in [0.15, 0.2) is 22.9 Å². The zero-order valence-corrected chi connectivity index (χ0v) is 12.7. The highest BCUT2D eigenvalue weighted by Gasteiger charge is 2.21. The maximum atomic E-state index is 14.4. The number of thiophene rings is 1. The zero-order valence-electron chi connectivity index (χ0n) is 11.9. The third-order valence-corrected chi connectivity index (χ3v) is 4.26. The predicted molar refractivity (Wildman–Crippen MR) is 80.4 cm³/mol. The molecule has 0 fully saturated rings. The molecule has 1 aromatic carbocycles. The van der Waals surface area contributed by atoms with Gasteiger partial charge in [-0.15, -0.1) is 0 Å². The molecule has 1 nitrogen and oxygen atoms in total. The van der Waals surface area contributed by atoms with E-state index in [-0.39, 0.29) is 11.9 Å². The van der Waals surface area contributed by atoms with Gasteiger partial charge in [0.2, 0.25) is 0 Å². The van der Waals surface area contributed by atoms with Gasteiger partial charge in [-0.25, -0.2) is 4.39 Å². The summed E-state index contributed by atoms with van der Waals surface area (Å²) in [7, 11) is 0. The SMILES string of the molecule is CCNC(c1cscc1C)c1c(C)cc(C)cc1F. The maximum Gasteiger partial charge on any atom is 0.128 e. The molecular formula is C16H20FNS. The minimum Gasteiger partial charge on any atom is -0.306 e. The highest BCUT2D eigenvalue weighted by Crippen LogP contribution is 2.31. The molecule has 1 N–H and O–H groups in total. The molecule has 0 amide bonds. The fourth-order valence-corrected chi connectivity index (χ4v) is 3.41. The van der Waals surface area contributed by atoms with Gasteiger partial charge >= 0.3 is 0 Å². The van der Waals surface area contributed by atoms with Crippen LogP contribution in [-0.4, -0.2) is 6.54 Å². The van der Waals surface area contributed by atoms with Crippen LogP contribution in [0.1, 0.15) is 40.8 Å². The van der Waals surface area contributed by atoms with Gasteiger partial charge in [-0.2, -0.15) is 11.3 Å². The van der Waals surface area contributed by atoms with E-state index in [1.54, 1.807) is 17.4 Å². The van der Waals surface area contributed by atoms with E-state index >= 15 is 0 Å². The van der Waals surface area contributed by atoms with Crippen molar-refractivity contribution in [1.82, 2.24) is 5.32 Å². The van der Waals surface area contributed by atoms with Crippen molar-refractivity contribution in [2.45, 2.75) is 33.7 Å². The van der Waals surface area contributed by atoms with E-state index < -0.39 is 0 Å². The summed E-state index contributed by atoms with van der Waals surface area (Å²) in [6.07, 6.45) is 0. The number of nitrogens with one attached hydrogen (secondary N) is 1. The van der Waals surface area contributed by atoms with Gasteiger partial charge in [-0.05, 0) is 66.4 Å². The van der Waals surface area contributed by atoms with Crippen LogP contribution < -0.4 is 5.32 Å². The van der Waals surface area contributed by atoms with Gasteiger partial charge in [0.15, 0.2) is 0 Å². The number of rotatable bonds is 4. The summed E-state index contributed by atoms with van der Waals surface area (Å²) in [5.74, 6) is -0.117. The Morgan fingerprint density at radius 3 is 2.42 bits per heavy atom. The van der Waals surface area contributed by atoms with Gasteiger partial charge in [0.1, 0.15) is 5.82 Å². The molecule has 19 heavy (non-hydrogen) atoms. The van der Waals surface area contributed by atoms with Crippen molar-refractivity contribution >= 4 is 11.3 Å². The summed E-state index contributed by atoms with van der Waals surface area (Å²) in [6.45, 7) is 8.86. The molecule has 3 heteroatoms. The van der Waals surface area contributed by atoms with Crippen LogP contribution in [0, 0.1) is 26.6 Å². The van der Waals surface area contributed by atoms with Gasteiger partial charge in [0.05, 0.1) is 6.04 Å². The van der Waals surface area contributed by atoms with Crippen molar-refractivity contribution in [1.29, 1.82) is 0 Å². The Morgan fingerprint density at radius 1 is 1.16 bits per heavy atom. The Balaban J connectivity index is 2.54. The number of halogens is 1. The zero-order chi connectivity index (χ0) is 14.0. The molecule has 2 aromatic rings. The molecule has 0 aliphatic carbocycles. The summed E-state index contributed by atoms with van der Waals surface area (Å²) < 4.78 is 14.4. The lowest BCUT2D eigenvalue weighted by Crippen LogP contribution is -2.24. The average molecular weight is 277 g/mol. The summed E-state index contributed by atoms with van der Waals surface area (Å²) in [6, 6.07) is 3.61. The first-order valence-corrected chi connectivity index (χ1v) is 7.51. The molecule has 0 spiro atoms. The Kier molecular flexibility index (Phi) is 4.38. The van der Waals surface area contributed by atoms with Crippen LogP contribution in [-0.2, 0) is 0 Å². The van der Waals surface area contributed by atoms with E-state index in [2.05, 4.69) is 29.9 Å². The van der Waals surface area contributed by atoms with Crippen LogP contribution in [0.2, 0.25) is 0 Å². The Labute approximate surface area is 118 Å². The molecule has 1 aromatic heterocycles. The summed E-state index contributed by atoms with van der Waals surface area (Å²) >= 11 is 1.67. The molecule has 0 aliphatic rings. The highest BCUT2D eigenvalue weighted by molar-refractivity contribution is 7.08. The molecule has 2 rings (SSSR count). The number of aryl methyl sites for hydroxylation is 3. The first-order valence-electron chi connectivity index (χ1n) is 6.57. The molecule has 0 saturated heterocycles. The normalized spacial score (nSPS) is 12.7. The quantitative estimate of drug-likeness (QED) is 0.867. The van der Waals surface area contributed by atoms with Gasteiger partial charge in [-0.1, -0.05) is 13.0 Å². The maximum absolute atomic E-state index is 14.4. The predicted octanol–water partition coefficient (Wildman–Crippen LogP) is 4.51. The lowest BCUT2D eigenvalue weighted by molar-refractivity contribution is 0.555. The second kappa shape index (κ2) is 5.85. The van der Waals surface area contributed by atoms with Gasteiger partial charge in [-0.3, -0.25) is 0 Å². The van der Waals surface area contributed by atoms with Crippen molar-refractivity contribution in [3.8, 4) is 0 Å². The van der Waals surface area contributed by atoms with Crippen LogP contribution in [0.3, 0.4) is 0 Å². The monoisotopic (exact) mass is 277 g/mol. The van der Waals surface area contributed by atoms with Gasteiger partial charge in [0.25, 0.3) is 0 Å². The van der Waals surface area contributed by atoms with Crippen LogP contribution in [0.5, 0.6) is 0 Å². The summed E-state index contributed by atoms with van der Waals surface area (Å²) in [5, 5.41) is 7.63. The first-order chi connectivity index (χ1) is 9.04. The van der Waals surface area contributed by atoms with E-state index in [1.165, 1.54) is 11.1 Å². The smallest absolute Gasteiger partial charge is 0.128 e. The highest BCUT2D eigenvalue weighted by atomic mass is 32.1. The largest absolute Gasteiger partial charge is 0.306 e. The minimum absolute atomic E-state index is 0.0585. The third kappa shape index (κ3) is 2.88. The van der Waals surface area contributed by atoms with Crippen molar-refractivity contribution in [2.75, 3.05) is 6.54 Å². The van der Waals surface area contributed by atoms with Gasteiger partial charge in [0, 0.05) is 5.56 Å². The van der Waals surface area contributed by atoms with Crippen molar-refractivity contribution in [2.24, 2.45) is 0 Å². The second-order valence-electron chi connectivity index (χ2n) is 4.98. The third-order valence-electron chi connectivity index (χ3n) is 3.38. The number of hydrogen-bond acceptors (Lipinski definition) is 2. The van der Waals surface area contributed by atoms with E-state index in [4.69, 9.17) is 0 Å². The fraction of sp³-hybridized carbons (Fsp3) is 0.375. The van der Waals surface area contributed by atoms with Gasteiger partial charge < -0.3 is 5.32 Å². The molecular weight excluding hydrogens is 257 g/mol. The minimum atomic E-state index is -0.117.